The molecule has 0 fully saturated rings. The van der Waals surface area contributed by atoms with Gasteiger partial charge in [-0.25, -0.2) is 0 Å². The van der Waals surface area contributed by atoms with Crippen molar-refractivity contribution in [3.8, 4) is 5.75 Å². The first-order valence-electron chi connectivity index (χ1n) is 3.27. The minimum absolute atomic E-state index is 0.271. The van der Waals surface area contributed by atoms with E-state index in [4.69, 9.17) is 0 Å². The van der Waals surface area contributed by atoms with Gasteiger partial charge < -0.3 is 4.74 Å². The number of pyridine rings is 1. The normalized spacial score (nSPS) is 11.4. The van der Waals surface area contributed by atoms with Crippen molar-refractivity contribution in [1.82, 2.24) is 4.98 Å². The van der Waals surface area contributed by atoms with E-state index in [0.717, 1.165) is 6.20 Å². The zero-order chi connectivity index (χ0) is 9.90. The van der Waals surface area contributed by atoms with Crippen LogP contribution in [0, 0.1) is 0 Å². The molecule has 0 bridgehead atoms. The Hall–Kier alpha value is -0.780. The maximum Gasteiger partial charge on any atom is 0.573 e. The molecule has 0 atom stereocenters. The molecule has 0 saturated carbocycles. The van der Waals surface area contributed by atoms with E-state index in [-0.39, 0.29) is 5.75 Å². The highest BCUT2D eigenvalue weighted by Gasteiger charge is 2.31. The summed E-state index contributed by atoms with van der Waals surface area (Å²) in [6.45, 7) is 0. The summed E-state index contributed by atoms with van der Waals surface area (Å²) in [5, 5.41) is 0.293. The average molecular weight is 256 g/mol. The van der Waals surface area contributed by atoms with E-state index in [2.05, 4.69) is 25.7 Å². The first-order chi connectivity index (χ1) is 6.03. The molecule has 13 heavy (non-hydrogen) atoms. The second kappa shape index (κ2) is 3.95. The van der Waals surface area contributed by atoms with Gasteiger partial charge in [-0.05, 0) is 6.07 Å². The molecule has 6 heteroatoms. The highest BCUT2D eigenvalue weighted by molar-refractivity contribution is 9.08. The van der Waals surface area contributed by atoms with E-state index in [1.807, 2.05) is 0 Å². The highest BCUT2D eigenvalue weighted by atomic mass is 79.9. The fourth-order valence-electron chi connectivity index (χ4n) is 0.736. The van der Waals surface area contributed by atoms with Gasteiger partial charge in [0.2, 0.25) is 0 Å². The molecular formula is C7H5BrF3NO. The molecule has 1 heterocycles. The lowest BCUT2D eigenvalue weighted by molar-refractivity contribution is -0.275. The van der Waals surface area contributed by atoms with E-state index < -0.39 is 6.36 Å². The Morgan fingerprint density at radius 2 is 2.15 bits per heavy atom. The van der Waals surface area contributed by atoms with Crippen LogP contribution in [0.25, 0.3) is 0 Å². The summed E-state index contributed by atoms with van der Waals surface area (Å²) >= 11 is 3.04. The zero-order valence-electron chi connectivity index (χ0n) is 6.31. The van der Waals surface area contributed by atoms with Crippen LogP contribution in [0.3, 0.4) is 0 Å². The Bertz CT molecular complexity index is 289. The highest BCUT2D eigenvalue weighted by Crippen LogP contribution is 2.26. The molecule has 0 aliphatic rings. The lowest BCUT2D eigenvalue weighted by atomic mass is 10.3. The van der Waals surface area contributed by atoms with Crippen molar-refractivity contribution in [3.63, 3.8) is 0 Å². The summed E-state index contributed by atoms with van der Waals surface area (Å²) in [5.41, 5.74) is 0.410. The fraction of sp³-hybridized carbons (Fsp3) is 0.286. The molecule has 0 N–H and O–H groups in total. The van der Waals surface area contributed by atoms with Crippen LogP contribution in [-0.4, -0.2) is 11.3 Å². The quantitative estimate of drug-likeness (QED) is 0.759. The van der Waals surface area contributed by atoms with Crippen LogP contribution in [0.15, 0.2) is 18.5 Å². The molecule has 0 aromatic carbocycles. The molecule has 0 radical (unpaired) electrons. The maximum atomic E-state index is 11.8. The summed E-state index contributed by atoms with van der Waals surface area (Å²) in [6, 6.07) is 1.45. The van der Waals surface area contributed by atoms with Gasteiger partial charge in [0, 0.05) is 17.1 Å². The first-order valence-corrected chi connectivity index (χ1v) is 4.39. The monoisotopic (exact) mass is 255 g/mol. The van der Waals surface area contributed by atoms with Crippen LogP contribution in [0.5, 0.6) is 5.75 Å². The molecular weight excluding hydrogens is 251 g/mol. The zero-order valence-corrected chi connectivity index (χ0v) is 7.89. The van der Waals surface area contributed by atoms with Crippen LogP contribution in [0.2, 0.25) is 0 Å². The number of ether oxygens (including phenoxy) is 1. The molecule has 0 unspecified atom stereocenters. The molecule has 72 valence electrons. The van der Waals surface area contributed by atoms with Crippen LogP contribution >= 0.6 is 15.9 Å². The third kappa shape index (κ3) is 3.22. The van der Waals surface area contributed by atoms with Gasteiger partial charge >= 0.3 is 6.36 Å². The number of alkyl halides is 4. The molecule has 2 nitrogen and oxygen atoms in total. The van der Waals surface area contributed by atoms with Gasteiger partial charge in [-0.1, -0.05) is 15.9 Å². The van der Waals surface area contributed by atoms with Gasteiger partial charge in [-0.3, -0.25) is 4.98 Å². The van der Waals surface area contributed by atoms with Crippen LogP contribution < -0.4 is 4.74 Å². The molecule has 1 aromatic heterocycles. The van der Waals surface area contributed by atoms with Gasteiger partial charge in [0.1, 0.15) is 0 Å². The van der Waals surface area contributed by atoms with Crippen molar-refractivity contribution in [1.29, 1.82) is 0 Å². The molecule has 1 aromatic rings. The molecule has 0 saturated heterocycles. The molecule has 1 rings (SSSR count). The Labute approximate surface area is 80.9 Å². The van der Waals surface area contributed by atoms with Crippen molar-refractivity contribution in [2.45, 2.75) is 11.7 Å². The topological polar surface area (TPSA) is 22.1 Å². The Kier molecular flexibility index (Phi) is 3.13. The molecule has 0 aliphatic heterocycles. The van der Waals surface area contributed by atoms with Crippen LogP contribution in [0.1, 0.15) is 5.56 Å². The fourth-order valence-corrected chi connectivity index (χ4v) is 1.20. The Morgan fingerprint density at radius 1 is 1.46 bits per heavy atom. The summed E-state index contributed by atoms with van der Waals surface area (Å²) in [4.78, 5) is 3.53. The van der Waals surface area contributed by atoms with Gasteiger partial charge in [-0.15, -0.1) is 13.2 Å². The van der Waals surface area contributed by atoms with Gasteiger partial charge in [0.25, 0.3) is 0 Å². The van der Waals surface area contributed by atoms with E-state index in [0.29, 0.717) is 10.9 Å². The van der Waals surface area contributed by atoms with E-state index in [9.17, 15) is 13.2 Å². The van der Waals surface area contributed by atoms with E-state index in [1.165, 1.54) is 12.3 Å². The maximum absolute atomic E-state index is 11.8. The second-order valence-electron chi connectivity index (χ2n) is 2.16. The van der Waals surface area contributed by atoms with Gasteiger partial charge in [-0.2, -0.15) is 0 Å². The minimum atomic E-state index is -4.67. The first kappa shape index (κ1) is 10.3. The van der Waals surface area contributed by atoms with Gasteiger partial charge in [0.05, 0.1) is 6.20 Å². The predicted molar refractivity (Wildman–Crippen MR) is 43.6 cm³/mol. The van der Waals surface area contributed by atoms with Crippen LogP contribution in [0.4, 0.5) is 13.2 Å². The number of hydrogen-bond donors (Lipinski definition) is 0. The van der Waals surface area contributed by atoms with Crippen molar-refractivity contribution < 1.29 is 17.9 Å². The molecule has 0 spiro atoms. The number of nitrogens with zero attached hydrogens (tertiary/aromatic N) is 1. The third-order valence-electron chi connectivity index (χ3n) is 1.24. The standard InChI is InChI=1S/C7H5BrF3NO/c8-3-5-1-2-12-4-6(5)13-7(9,10)11/h1-2,4H,3H2. The summed E-state index contributed by atoms with van der Waals surface area (Å²) in [7, 11) is 0. The minimum Gasteiger partial charge on any atom is -0.404 e. The number of rotatable bonds is 2. The largest absolute Gasteiger partial charge is 0.573 e. The predicted octanol–water partition coefficient (Wildman–Crippen LogP) is 2.88. The summed E-state index contributed by atoms with van der Waals surface area (Å²) in [5.74, 6) is -0.271. The SMILES string of the molecule is FC(F)(F)Oc1cnccc1CBr. The van der Waals surface area contributed by atoms with E-state index in [1.54, 1.807) is 0 Å². The number of hydrogen-bond acceptors (Lipinski definition) is 2. The summed E-state index contributed by atoms with van der Waals surface area (Å²) in [6.07, 6.45) is -2.23. The molecule has 0 aliphatic carbocycles. The van der Waals surface area contributed by atoms with E-state index >= 15 is 0 Å². The number of halogens is 4. The smallest absolute Gasteiger partial charge is 0.404 e. The Morgan fingerprint density at radius 3 is 2.69 bits per heavy atom. The lowest BCUT2D eigenvalue weighted by Crippen LogP contribution is -2.18. The van der Waals surface area contributed by atoms with Crippen molar-refractivity contribution in [2.75, 3.05) is 0 Å². The summed E-state index contributed by atoms with van der Waals surface area (Å²) < 4.78 is 39.1. The van der Waals surface area contributed by atoms with Gasteiger partial charge in [0.15, 0.2) is 5.75 Å². The van der Waals surface area contributed by atoms with Crippen molar-refractivity contribution in [3.05, 3.63) is 24.0 Å². The number of aromatic nitrogens is 1. The van der Waals surface area contributed by atoms with Crippen LogP contribution in [-0.2, 0) is 5.33 Å². The van der Waals surface area contributed by atoms with Crippen molar-refractivity contribution in [2.24, 2.45) is 0 Å². The third-order valence-corrected chi connectivity index (χ3v) is 1.84. The average Bonchev–Trinajstić information content (AvgIpc) is 2.02. The Balaban J connectivity index is 2.87. The lowest BCUT2D eigenvalue weighted by Gasteiger charge is -2.10. The molecule has 0 amide bonds. The van der Waals surface area contributed by atoms with Crippen molar-refractivity contribution >= 4 is 15.9 Å². The second-order valence-corrected chi connectivity index (χ2v) is 2.73.